The molecule has 0 spiro atoms. The number of nitrogens with two attached hydrogens (primary N) is 1. The van der Waals surface area contributed by atoms with Gasteiger partial charge in [0.2, 0.25) is 0 Å². The van der Waals surface area contributed by atoms with Gasteiger partial charge in [-0.15, -0.1) is 0 Å². The molecule has 0 aromatic carbocycles. The number of hydrogen-bond donors (Lipinski definition) is 1. The lowest BCUT2D eigenvalue weighted by atomic mass is 10.1. The summed E-state index contributed by atoms with van der Waals surface area (Å²) in [5.41, 5.74) is 6.46. The van der Waals surface area contributed by atoms with Gasteiger partial charge in [-0.2, -0.15) is 0 Å². The number of rotatable bonds is 6. The third-order valence-corrected chi connectivity index (χ3v) is 3.07. The van der Waals surface area contributed by atoms with Crippen molar-refractivity contribution < 1.29 is 9.21 Å². The van der Waals surface area contributed by atoms with Crippen molar-refractivity contribution in [1.82, 2.24) is 4.90 Å². The lowest BCUT2D eigenvalue weighted by molar-refractivity contribution is 0.0640. The van der Waals surface area contributed by atoms with Crippen molar-refractivity contribution in [2.24, 2.45) is 5.73 Å². The maximum atomic E-state index is 12.4. The topological polar surface area (TPSA) is 59.5 Å². The first kappa shape index (κ1) is 13.8. The van der Waals surface area contributed by atoms with E-state index >= 15 is 0 Å². The van der Waals surface area contributed by atoms with Gasteiger partial charge in [-0.05, 0) is 25.8 Å². The summed E-state index contributed by atoms with van der Waals surface area (Å²) in [6.07, 6.45) is 3.42. The van der Waals surface area contributed by atoms with E-state index in [4.69, 9.17) is 10.2 Å². The molecule has 1 amide bonds. The van der Waals surface area contributed by atoms with Crippen molar-refractivity contribution in [1.29, 1.82) is 0 Å². The van der Waals surface area contributed by atoms with Crippen LogP contribution in [0.25, 0.3) is 0 Å². The summed E-state index contributed by atoms with van der Waals surface area (Å²) in [6, 6.07) is 2.04. The predicted octanol–water partition coefficient (Wildman–Crippen LogP) is 2.18. The molecule has 0 aliphatic carbocycles. The van der Waals surface area contributed by atoms with Crippen molar-refractivity contribution >= 4 is 5.91 Å². The number of nitrogens with zero attached hydrogens (tertiary/aromatic N) is 1. The fourth-order valence-corrected chi connectivity index (χ4v) is 2.04. The van der Waals surface area contributed by atoms with Crippen molar-refractivity contribution in [2.45, 2.75) is 39.7 Å². The number of aryl methyl sites for hydroxylation is 1. The number of carbonyl (C=O) groups is 1. The Labute approximate surface area is 103 Å². The molecule has 0 bridgehead atoms. The highest BCUT2D eigenvalue weighted by Gasteiger charge is 2.24. The average Bonchev–Trinajstić information content (AvgIpc) is 2.75. The quantitative estimate of drug-likeness (QED) is 0.826. The largest absolute Gasteiger partial charge is 0.459 e. The maximum absolute atomic E-state index is 12.4. The van der Waals surface area contributed by atoms with Crippen LogP contribution in [0.1, 0.15) is 42.8 Å². The van der Waals surface area contributed by atoms with Gasteiger partial charge in [-0.1, -0.05) is 13.8 Å². The molecule has 96 valence electrons. The van der Waals surface area contributed by atoms with E-state index in [0.717, 1.165) is 18.4 Å². The standard InChI is InChI=1S/C13H22N2O2/c1-4-11(5-2)15(8-7-14)13(16)12-10(3)6-9-17-12/h6,9,11H,4-5,7-8,14H2,1-3H3. The molecule has 4 heteroatoms. The molecule has 0 fully saturated rings. The lowest BCUT2D eigenvalue weighted by Gasteiger charge is -2.29. The van der Waals surface area contributed by atoms with Crippen LogP contribution >= 0.6 is 0 Å². The first-order valence-electron chi connectivity index (χ1n) is 6.20. The Bertz CT molecular complexity index is 356. The molecule has 0 unspecified atom stereocenters. The monoisotopic (exact) mass is 238 g/mol. The molecule has 1 aromatic heterocycles. The van der Waals surface area contributed by atoms with Gasteiger partial charge in [0.15, 0.2) is 5.76 Å². The third kappa shape index (κ3) is 3.09. The second-order valence-corrected chi connectivity index (χ2v) is 4.19. The molecule has 1 heterocycles. The zero-order chi connectivity index (χ0) is 12.8. The van der Waals surface area contributed by atoms with E-state index in [2.05, 4.69) is 13.8 Å². The predicted molar refractivity (Wildman–Crippen MR) is 67.9 cm³/mol. The van der Waals surface area contributed by atoms with Crippen LogP contribution in [0.5, 0.6) is 0 Å². The zero-order valence-electron chi connectivity index (χ0n) is 10.9. The van der Waals surface area contributed by atoms with E-state index in [-0.39, 0.29) is 11.9 Å². The molecule has 0 saturated carbocycles. The Balaban J connectivity index is 2.91. The second kappa shape index (κ2) is 6.45. The van der Waals surface area contributed by atoms with Crippen molar-refractivity contribution in [3.63, 3.8) is 0 Å². The van der Waals surface area contributed by atoms with Crippen molar-refractivity contribution in [3.8, 4) is 0 Å². The molecule has 1 aromatic rings. The number of furan rings is 1. The van der Waals surface area contributed by atoms with Crippen molar-refractivity contribution in [3.05, 3.63) is 23.7 Å². The zero-order valence-corrected chi connectivity index (χ0v) is 10.9. The summed E-state index contributed by atoms with van der Waals surface area (Å²) in [5.74, 6) is 0.386. The van der Waals surface area contributed by atoms with Gasteiger partial charge in [0, 0.05) is 24.7 Å². The van der Waals surface area contributed by atoms with Crippen LogP contribution in [0.4, 0.5) is 0 Å². The van der Waals surface area contributed by atoms with Gasteiger partial charge in [-0.25, -0.2) is 0 Å². The van der Waals surface area contributed by atoms with E-state index in [1.54, 1.807) is 12.3 Å². The van der Waals surface area contributed by atoms with Gasteiger partial charge in [0.25, 0.3) is 5.91 Å². The molecule has 0 radical (unpaired) electrons. The average molecular weight is 238 g/mol. The van der Waals surface area contributed by atoms with Crippen LogP contribution in [0.2, 0.25) is 0 Å². The van der Waals surface area contributed by atoms with Gasteiger partial charge in [-0.3, -0.25) is 4.79 Å². The summed E-state index contributed by atoms with van der Waals surface area (Å²) in [5, 5.41) is 0. The second-order valence-electron chi connectivity index (χ2n) is 4.19. The Morgan fingerprint density at radius 1 is 1.47 bits per heavy atom. The van der Waals surface area contributed by atoms with Gasteiger partial charge in [0.1, 0.15) is 0 Å². The molecule has 17 heavy (non-hydrogen) atoms. The lowest BCUT2D eigenvalue weighted by Crippen LogP contribution is -2.42. The molecule has 0 saturated heterocycles. The van der Waals surface area contributed by atoms with Crippen LogP contribution in [0.3, 0.4) is 0 Å². The van der Waals surface area contributed by atoms with E-state index in [0.29, 0.717) is 18.8 Å². The highest BCUT2D eigenvalue weighted by Crippen LogP contribution is 2.16. The van der Waals surface area contributed by atoms with Crippen LogP contribution in [0.15, 0.2) is 16.7 Å². The first-order chi connectivity index (χ1) is 8.15. The van der Waals surface area contributed by atoms with Crippen LogP contribution in [-0.4, -0.2) is 29.9 Å². The molecule has 2 N–H and O–H groups in total. The minimum absolute atomic E-state index is 0.0494. The van der Waals surface area contributed by atoms with Gasteiger partial charge < -0.3 is 15.1 Å². The minimum atomic E-state index is -0.0494. The summed E-state index contributed by atoms with van der Waals surface area (Å²) >= 11 is 0. The number of hydrogen-bond acceptors (Lipinski definition) is 3. The smallest absolute Gasteiger partial charge is 0.290 e. The Morgan fingerprint density at radius 3 is 2.53 bits per heavy atom. The molecule has 4 nitrogen and oxygen atoms in total. The summed E-state index contributed by atoms with van der Waals surface area (Å²) in [4.78, 5) is 14.2. The first-order valence-corrected chi connectivity index (χ1v) is 6.20. The summed E-state index contributed by atoms with van der Waals surface area (Å²) < 4.78 is 5.26. The molecular weight excluding hydrogens is 216 g/mol. The summed E-state index contributed by atoms with van der Waals surface area (Å²) in [6.45, 7) is 7.09. The Morgan fingerprint density at radius 2 is 2.12 bits per heavy atom. The normalized spacial score (nSPS) is 10.9. The summed E-state index contributed by atoms with van der Waals surface area (Å²) in [7, 11) is 0. The van der Waals surface area contributed by atoms with Crippen LogP contribution in [0, 0.1) is 6.92 Å². The Kier molecular flexibility index (Phi) is 5.22. The molecule has 0 atom stereocenters. The van der Waals surface area contributed by atoms with Gasteiger partial charge in [0.05, 0.1) is 6.26 Å². The fraction of sp³-hybridized carbons (Fsp3) is 0.615. The van der Waals surface area contributed by atoms with E-state index in [1.807, 2.05) is 11.8 Å². The molecule has 1 rings (SSSR count). The van der Waals surface area contributed by atoms with Crippen molar-refractivity contribution in [2.75, 3.05) is 13.1 Å². The Hall–Kier alpha value is -1.29. The molecule has 0 aliphatic heterocycles. The highest BCUT2D eigenvalue weighted by molar-refractivity contribution is 5.93. The highest BCUT2D eigenvalue weighted by atomic mass is 16.3. The SMILES string of the molecule is CCC(CC)N(CCN)C(=O)c1occc1C. The van der Waals surface area contributed by atoms with Crippen LogP contribution in [-0.2, 0) is 0 Å². The fourth-order valence-electron chi connectivity index (χ4n) is 2.04. The minimum Gasteiger partial charge on any atom is -0.459 e. The maximum Gasteiger partial charge on any atom is 0.290 e. The van der Waals surface area contributed by atoms with Gasteiger partial charge >= 0.3 is 0 Å². The molecular formula is C13H22N2O2. The molecule has 0 aliphatic rings. The third-order valence-electron chi connectivity index (χ3n) is 3.07. The van der Waals surface area contributed by atoms with E-state index in [9.17, 15) is 4.79 Å². The number of carbonyl (C=O) groups excluding carboxylic acids is 1. The van der Waals surface area contributed by atoms with Crippen LogP contribution < -0.4 is 5.73 Å². The van der Waals surface area contributed by atoms with E-state index < -0.39 is 0 Å². The number of amides is 1. The van der Waals surface area contributed by atoms with E-state index in [1.165, 1.54) is 0 Å².